The average molecular weight is 393 g/mol. The van der Waals surface area contributed by atoms with Gasteiger partial charge in [-0.1, -0.05) is 38.1 Å². The molecule has 6 nitrogen and oxygen atoms in total. The van der Waals surface area contributed by atoms with Crippen LogP contribution >= 0.6 is 0 Å². The lowest BCUT2D eigenvalue weighted by molar-refractivity contribution is -0.121. The summed E-state index contributed by atoms with van der Waals surface area (Å²) in [5, 5.41) is 6.53. The Morgan fingerprint density at radius 1 is 1.31 bits per heavy atom. The molecule has 0 radical (unpaired) electrons. The fraction of sp³-hybridized carbons (Fsp3) is 0.435. The molecule has 0 fully saturated rings. The van der Waals surface area contributed by atoms with E-state index in [9.17, 15) is 9.59 Å². The maximum Gasteiger partial charge on any atom is 0.273 e. The third kappa shape index (κ3) is 3.26. The number of rotatable bonds is 3. The lowest BCUT2D eigenvalue weighted by Gasteiger charge is -2.37. The van der Waals surface area contributed by atoms with Crippen molar-refractivity contribution in [3.63, 3.8) is 0 Å². The maximum absolute atomic E-state index is 13.0. The molecule has 2 heterocycles. The number of benzene rings is 1. The van der Waals surface area contributed by atoms with Crippen molar-refractivity contribution in [1.29, 1.82) is 0 Å². The van der Waals surface area contributed by atoms with Crippen molar-refractivity contribution in [2.75, 3.05) is 0 Å². The Hall–Kier alpha value is -2.89. The van der Waals surface area contributed by atoms with Gasteiger partial charge in [-0.05, 0) is 54.4 Å². The third-order valence-electron chi connectivity index (χ3n) is 6.37. The molecule has 152 valence electrons. The number of amides is 1. The van der Waals surface area contributed by atoms with E-state index >= 15 is 0 Å². The minimum atomic E-state index is -0.169. The van der Waals surface area contributed by atoms with Crippen molar-refractivity contribution in [2.24, 2.45) is 7.05 Å². The van der Waals surface area contributed by atoms with E-state index in [4.69, 9.17) is 0 Å². The molecule has 1 aliphatic carbocycles. The van der Waals surface area contributed by atoms with Crippen molar-refractivity contribution in [3.8, 4) is 0 Å². The number of aryl methyl sites for hydroxylation is 3. The molecule has 0 bridgehead atoms. The topological polar surface area (TPSA) is 79.8 Å². The van der Waals surface area contributed by atoms with E-state index in [0.717, 1.165) is 29.7 Å². The van der Waals surface area contributed by atoms with Gasteiger partial charge in [0.05, 0.1) is 17.8 Å². The number of nitrogens with one attached hydrogen (secondary N) is 2. The average Bonchev–Trinajstić information content (AvgIpc) is 2.95. The van der Waals surface area contributed by atoms with E-state index in [2.05, 4.69) is 47.4 Å². The first-order valence-electron chi connectivity index (χ1n) is 10.1. The minimum Gasteiger partial charge on any atom is -0.349 e. The van der Waals surface area contributed by atoms with Gasteiger partial charge in [0.15, 0.2) is 5.65 Å². The van der Waals surface area contributed by atoms with Gasteiger partial charge in [0.1, 0.15) is 0 Å². The van der Waals surface area contributed by atoms with Crippen LogP contribution in [0.1, 0.15) is 60.7 Å². The molecule has 1 unspecified atom stereocenters. The number of carbonyl (C=O) groups is 1. The van der Waals surface area contributed by atoms with Gasteiger partial charge < -0.3 is 5.32 Å². The number of carbonyl (C=O) groups excluding carboxylic acids is 1. The highest BCUT2D eigenvalue weighted by Gasteiger charge is 2.33. The summed E-state index contributed by atoms with van der Waals surface area (Å²) in [6.07, 6.45) is 2.17. The molecule has 3 aromatic rings. The number of aromatic nitrogens is 3. The molecule has 0 spiro atoms. The number of hydrogen-bond acceptors (Lipinski definition) is 3. The second-order valence-corrected chi connectivity index (χ2v) is 8.81. The number of pyridine rings is 1. The fourth-order valence-electron chi connectivity index (χ4n) is 4.68. The van der Waals surface area contributed by atoms with Crippen molar-refractivity contribution in [1.82, 2.24) is 20.1 Å². The molecule has 0 saturated carbocycles. The summed E-state index contributed by atoms with van der Waals surface area (Å²) in [5.41, 5.74) is 5.53. The van der Waals surface area contributed by atoms with Crippen LogP contribution in [0.5, 0.6) is 0 Å². The number of fused-ring (bicyclic) bond motifs is 2. The summed E-state index contributed by atoms with van der Waals surface area (Å²) in [6.45, 7) is 8.31. The summed E-state index contributed by atoms with van der Waals surface area (Å²) in [4.78, 5) is 29.8. The Kier molecular flexibility index (Phi) is 4.60. The van der Waals surface area contributed by atoms with Crippen molar-refractivity contribution < 1.29 is 4.79 Å². The predicted octanol–water partition coefficient (Wildman–Crippen LogP) is 3.35. The van der Waals surface area contributed by atoms with Crippen molar-refractivity contribution >= 4 is 16.9 Å². The van der Waals surface area contributed by atoms with E-state index in [0.29, 0.717) is 11.0 Å². The highest BCUT2D eigenvalue weighted by molar-refractivity contribution is 5.85. The Bertz CT molecular complexity index is 1170. The van der Waals surface area contributed by atoms with Gasteiger partial charge in [0.25, 0.3) is 5.56 Å². The highest BCUT2D eigenvalue weighted by Crippen LogP contribution is 2.41. The first-order chi connectivity index (χ1) is 13.7. The minimum absolute atomic E-state index is 0.0177. The van der Waals surface area contributed by atoms with Crippen LogP contribution in [0.3, 0.4) is 0 Å². The van der Waals surface area contributed by atoms with E-state index in [1.165, 1.54) is 11.1 Å². The Morgan fingerprint density at radius 2 is 2.03 bits per heavy atom. The Balaban J connectivity index is 1.62. The molecule has 6 heteroatoms. The molecule has 1 aliphatic rings. The number of hydrogen-bond donors (Lipinski definition) is 2. The largest absolute Gasteiger partial charge is 0.349 e. The molecule has 0 aliphatic heterocycles. The molecule has 2 aromatic heterocycles. The third-order valence-corrected chi connectivity index (χ3v) is 6.37. The molecule has 2 N–H and O–H groups in total. The Labute approximate surface area is 170 Å². The van der Waals surface area contributed by atoms with Gasteiger partial charge in [0, 0.05) is 12.7 Å². The first-order valence-corrected chi connectivity index (χ1v) is 10.1. The monoisotopic (exact) mass is 392 g/mol. The normalized spacial score (nSPS) is 17.9. The standard InChI is InChI=1S/C23H28N4O2/c1-13-16(14(2)24-21-20(13)22(29)26-27(21)5)12-19(28)25-18-10-11-23(3,4)17-9-7-6-8-15(17)18/h6-9,18H,10-12H2,1-5H3,(H,25,28)(H,26,29). The number of aromatic amines is 1. The lowest BCUT2D eigenvalue weighted by Crippen LogP contribution is -2.36. The maximum atomic E-state index is 13.0. The van der Waals surface area contributed by atoms with E-state index in [1.807, 2.05) is 19.9 Å². The van der Waals surface area contributed by atoms with Crippen LogP contribution < -0.4 is 10.9 Å². The smallest absolute Gasteiger partial charge is 0.273 e. The quantitative estimate of drug-likeness (QED) is 0.717. The van der Waals surface area contributed by atoms with Crippen LogP contribution in [-0.2, 0) is 23.7 Å². The molecule has 29 heavy (non-hydrogen) atoms. The second-order valence-electron chi connectivity index (χ2n) is 8.81. The zero-order valence-electron chi connectivity index (χ0n) is 17.7. The lowest BCUT2D eigenvalue weighted by atomic mass is 9.71. The highest BCUT2D eigenvalue weighted by atomic mass is 16.1. The number of nitrogens with zero attached hydrogens (tertiary/aromatic N) is 2. The van der Waals surface area contributed by atoms with Crippen molar-refractivity contribution in [3.05, 3.63) is 62.6 Å². The molecule has 1 amide bonds. The SMILES string of the molecule is Cc1nc2c(c(C)c1CC(=O)NC1CCC(C)(C)c3ccccc31)c(=O)[nH]n2C. The van der Waals surface area contributed by atoms with Gasteiger partial charge in [-0.15, -0.1) is 0 Å². The molecular weight excluding hydrogens is 364 g/mol. The van der Waals surface area contributed by atoms with E-state index in [1.54, 1.807) is 11.7 Å². The molecule has 4 rings (SSSR count). The van der Waals surface area contributed by atoms with Gasteiger partial charge in [0.2, 0.25) is 5.91 Å². The van der Waals surface area contributed by atoms with E-state index < -0.39 is 0 Å². The van der Waals surface area contributed by atoms with Gasteiger partial charge in [-0.25, -0.2) is 4.98 Å². The molecule has 1 atom stereocenters. The van der Waals surface area contributed by atoms with Crippen molar-refractivity contribution in [2.45, 2.75) is 58.4 Å². The molecule has 1 aromatic carbocycles. The van der Waals surface area contributed by atoms with Crippen LogP contribution in [0.25, 0.3) is 11.0 Å². The first kappa shape index (κ1) is 19.4. The van der Waals surface area contributed by atoms with Crippen LogP contribution in [0.15, 0.2) is 29.1 Å². The number of H-pyrrole nitrogens is 1. The summed E-state index contributed by atoms with van der Waals surface area (Å²) < 4.78 is 1.63. The fourth-order valence-corrected chi connectivity index (χ4v) is 4.68. The summed E-state index contributed by atoms with van der Waals surface area (Å²) in [6, 6.07) is 8.41. The summed E-state index contributed by atoms with van der Waals surface area (Å²) in [7, 11) is 1.77. The molecule has 0 saturated heterocycles. The second kappa shape index (κ2) is 6.87. The molecular formula is C23H28N4O2. The van der Waals surface area contributed by atoms with Gasteiger partial charge in [-0.2, -0.15) is 0 Å². The van der Waals surface area contributed by atoms with Crippen LogP contribution in [0.4, 0.5) is 0 Å². The summed E-state index contributed by atoms with van der Waals surface area (Å²) >= 11 is 0. The predicted molar refractivity (Wildman–Crippen MR) is 114 cm³/mol. The van der Waals surface area contributed by atoms with Gasteiger partial charge >= 0.3 is 0 Å². The van der Waals surface area contributed by atoms with Crippen LogP contribution in [-0.4, -0.2) is 20.7 Å². The van der Waals surface area contributed by atoms with Gasteiger partial charge in [-0.3, -0.25) is 19.4 Å². The zero-order valence-corrected chi connectivity index (χ0v) is 17.7. The van der Waals surface area contributed by atoms with Crippen LogP contribution in [0, 0.1) is 13.8 Å². The van der Waals surface area contributed by atoms with Crippen LogP contribution in [0.2, 0.25) is 0 Å². The zero-order chi connectivity index (χ0) is 20.9. The van der Waals surface area contributed by atoms with E-state index in [-0.39, 0.29) is 29.3 Å². The summed E-state index contributed by atoms with van der Waals surface area (Å²) in [5.74, 6) is -0.0378. The Morgan fingerprint density at radius 3 is 2.79 bits per heavy atom.